The Labute approximate surface area is 103 Å². The minimum absolute atomic E-state index is 0.0791. The molecule has 4 nitrogen and oxygen atoms in total. The summed E-state index contributed by atoms with van der Waals surface area (Å²) in [5.74, 6) is -0.131. The average Bonchev–Trinajstić information content (AvgIpc) is 2.27. The number of carbonyl (C=O) groups is 1. The number of hydrogen-bond acceptors (Lipinski definition) is 3. The van der Waals surface area contributed by atoms with Crippen molar-refractivity contribution in [2.75, 3.05) is 0 Å². The Morgan fingerprint density at radius 2 is 2.12 bits per heavy atom. The van der Waals surface area contributed by atoms with Gasteiger partial charge >= 0.3 is 0 Å². The fourth-order valence-corrected chi connectivity index (χ4v) is 1.41. The third-order valence-corrected chi connectivity index (χ3v) is 2.76. The van der Waals surface area contributed by atoms with Gasteiger partial charge in [0.2, 0.25) is 5.91 Å². The van der Waals surface area contributed by atoms with Crippen molar-refractivity contribution in [3.63, 3.8) is 0 Å². The van der Waals surface area contributed by atoms with Crippen LogP contribution >= 0.6 is 0 Å². The topological polar surface area (TPSA) is 68.0 Å². The summed E-state index contributed by atoms with van der Waals surface area (Å²) < 4.78 is 0. The first-order chi connectivity index (χ1) is 7.82. The molecule has 0 aliphatic rings. The van der Waals surface area contributed by atoms with E-state index < -0.39 is 6.04 Å². The molecule has 0 fully saturated rings. The molecular weight excluding hydrogens is 214 g/mol. The van der Waals surface area contributed by atoms with Crippen LogP contribution in [0, 0.1) is 5.41 Å². The molecule has 1 amide bonds. The lowest BCUT2D eigenvalue weighted by Crippen LogP contribution is -2.49. The molecule has 4 heteroatoms. The van der Waals surface area contributed by atoms with Crippen LogP contribution in [-0.4, -0.2) is 16.9 Å². The SMILES string of the molecule is CC(NC(=O)[C@@H](N)C(C)(C)C)c1cccnc1. The molecule has 0 aliphatic heterocycles. The van der Waals surface area contributed by atoms with Crippen LogP contribution in [0.5, 0.6) is 0 Å². The second-order valence-electron chi connectivity index (χ2n) is 5.36. The maximum absolute atomic E-state index is 11.9. The van der Waals surface area contributed by atoms with E-state index in [1.165, 1.54) is 0 Å². The largest absolute Gasteiger partial charge is 0.348 e. The van der Waals surface area contributed by atoms with E-state index >= 15 is 0 Å². The van der Waals surface area contributed by atoms with Crippen LogP contribution in [0.25, 0.3) is 0 Å². The zero-order valence-corrected chi connectivity index (χ0v) is 10.9. The van der Waals surface area contributed by atoms with Crippen LogP contribution in [0.2, 0.25) is 0 Å². The first kappa shape index (κ1) is 13.6. The number of nitrogens with zero attached hydrogens (tertiary/aromatic N) is 1. The number of hydrogen-bond donors (Lipinski definition) is 2. The van der Waals surface area contributed by atoms with E-state index in [-0.39, 0.29) is 17.4 Å². The summed E-state index contributed by atoms with van der Waals surface area (Å²) in [5.41, 5.74) is 6.63. The highest BCUT2D eigenvalue weighted by molar-refractivity contribution is 5.82. The van der Waals surface area contributed by atoms with E-state index in [2.05, 4.69) is 10.3 Å². The molecule has 0 aliphatic carbocycles. The first-order valence-electron chi connectivity index (χ1n) is 5.78. The molecule has 0 radical (unpaired) electrons. The smallest absolute Gasteiger partial charge is 0.237 e. The van der Waals surface area contributed by atoms with E-state index in [4.69, 9.17) is 5.73 Å². The molecule has 3 N–H and O–H groups in total. The Morgan fingerprint density at radius 1 is 1.47 bits per heavy atom. The summed E-state index contributed by atoms with van der Waals surface area (Å²) in [6, 6.07) is 3.19. The highest BCUT2D eigenvalue weighted by atomic mass is 16.2. The molecule has 1 unspecified atom stereocenters. The van der Waals surface area contributed by atoms with Gasteiger partial charge in [0.05, 0.1) is 12.1 Å². The van der Waals surface area contributed by atoms with Gasteiger partial charge in [-0.15, -0.1) is 0 Å². The second kappa shape index (κ2) is 5.27. The third-order valence-electron chi connectivity index (χ3n) is 2.76. The fraction of sp³-hybridized carbons (Fsp3) is 0.538. The van der Waals surface area contributed by atoms with E-state index in [9.17, 15) is 4.79 Å². The number of amides is 1. The lowest BCUT2D eigenvalue weighted by molar-refractivity contribution is -0.125. The van der Waals surface area contributed by atoms with Crippen molar-refractivity contribution in [2.24, 2.45) is 11.1 Å². The molecule has 0 bridgehead atoms. The molecule has 2 atom stereocenters. The molecule has 17 heavy (non-hydrogen) atoms. The summed E-state index contributed by atoms with van der Waals surface area (Å²) in [4.78, 5) is 15.9. The van der Waals surface area contributed by atoms with Crippen molar-refractivity contribution >= 4 is 5.91 Å². The Balaban J connectivity index is 2.64. The Kier molecular flexibility index (Phi) is 4.23. The van der Waals surface area contributed by atoms with Gasteiger partial charge in [0.15, 0.2) is 0 Å². The van der Waals surface area contributed by atoms with Gasteiger partial charge < -0.3 is 11.1 Å². The van der Waals surface area contributed by atoms with Gasteiger partial charge in [0.25, 0.3) is 0 Å². The molecule has 1 rings (SSSR count). The van der Waals surface area contributed by atoms with E-state index in [0.717, 1.165) is 5.56 Å². The molecule has 94 valence electrons. The molecular formula is C13H21N3O. The number of rotatable bonds is 3. The van der Waals surface area contributed by atoms with Crippen LogP contribution in [0.4, 0.5) is 0 Å². The summed E-state index contributed by atoms with van der Waals surface area (Å²) in [7, 11) is 0. The van der Waals surface area contributed by atoms with Gasteiger partial charge in [-0.3, -0.25) is 9.78 Å². The summed E-state index contributed by atoms with van der Waals surface area (Å²) in [5, 5.41) is 2.90. The normalized spacial score (nSPS) is 15.1. The van der Waals surface area contributed by atoms with Crippen LogP contribution in [0.3, 0.4) is 0 Å². The first-order valence-corrected chi connectivity index (χ1v) is 5.78. The minimum atomic E-state index is -0.512. The number of pyridine rings is 1. The molecule has 0 saturated carbocycles. The minimum Gasteiger partial charge on any atom is -0.348 e. The second-order valence-corrected chi connectivity index (χ2v) is 5.36. The van der Waals surface area contributed by atoms with Gasteiger partial charge in [-0.25, -0.2) is 0 Å². The van der Waals surface area contributed by atoms with Crippen molar-refractivity contribution in [3.8, 4) is 0 Å². The monoisotopic (exact) mass is 235 g/mol. The molecule has 0 saturated heterocycles. The molecule has 0 aromatic carbocycles. The van der Waals surface area contributed by atoms with Gasteiger partial charge in [-0.2, -0.15) is 0 Å². The van der Waals surface area contributed by atoms with Crippen molar-refractivity contribution < 1.29 is 4.79 Å². The zero-order chi connectivity index (χ0) is 13.1. The number of nitrogens with one attached hydrogen (secondary N) is 1. The van der Waals surface area contributed by atoms with Crippen LogP contribution < -0.4 is 11.1 Å². The summed E-state index contributed by atoms with van der Waals surface area (Å²) in [6.45, 7) is 7.77. The third kappa shape index (κ3) is 3.82. The van der Waals surface area contributed by atoms with Crippen molar-refractivity contribution in [1.29, 1.82) is 0 Å². The number of aromatic nitrogens is 1. The van der Waals surface area contributed by atoms with E-state index in [1.807, 2.05) is 39.8 Å². The van der Waals surface area contributed by atoms with Crippen molar-refractivity contribution in [3.05, 3.63) is 30.1 Å². The van der Waals surface area contributed by atoms with Crippen molar-refractivity contribution in [1.82, 2.24) is 10.3 Å². The van der Waals surface area contributed by atoms with Crippen molar-refractivity contribution in [2.45, 2.75) is 39.8 Å². The lowest BCUT2D eigenvalue weighted by atomic mass is 9.87. The van der Waals surface area contributed by atoms with E-state index in [0.29, 0.717) is 0 Å². The maximum Gasteiger partial charge on any atom is 0.237 e. The Bertz CT molecular complexity index is 370. The van der Waals surface area contributed by atoms with Crippen LogP contribution in [0.1, 0.15) is 39.3 Å². The maximum atomic E-state index is 11.9. The number of carbonyl (C=O) groups excluding carboxylic acids is 1. The average molecular weight is 235 g/mol. The highest BCUT2D eigenvalue weighted by Crippen LogP contribution is 2.18. The lowest BCUT2D eigenvalue weighted by Gasteiger charge is -2.27. The molecule has 1 aromatic rings. The quantitative estimate of drug-likeness (QED) is 0.836. The van der Waals surface area contributed by atoms with Gasteiger partial charge in [-0.1, -0.05) is 26.8 Å². The number of nitrogens with two attached hydrogens (primary N) is 1. The molecule has 1 heterocycles. The zero-order valence-electron chi connectivity index (χ0n) is 10.9. The van der Waals surface area contributed by atoms with Gasteiger partial charge in [0, 0.05) is 12.4 Å². The Morgan fingerprint density at radius 3 is 2.59 bits per heavy atom. The molecule has 0 spiro atoms. The highest BCUT2D eigenvalue weighted by Gasteiger charge is 2.28. The summed E-state index contributed by atoms with van der Waals surface area (Å²) in [6.07, 6.45) is 3.45. The van der Waals surface area contributed by atoms with Gasteiger partial charge in [0.1, 0.15) is 0 Å². The molecule has 1 aromatic heterocycles. The van der Waals surface area contributed by atoms with Crippen LogP contribution in [-0.2, 0) is 4.79 Å². The predicted molar refractivity (Wildman–Crippen MR) is 68.2 cm³/mol. The fourth-order valence-electron chi connectivity index (χ4n) is 1.41. The standard InChI is InChI=1S/C13H21N3O/c1-9(10-6-5-7-15-8-10)16-12(17)11(14)13(2,3)4/h5-9,11H,14H2,1-4H3,(H,16,17)/t9?,11-/m1/s1. The summed E-state index contributed by atoms with van der Waals surface area (Å²) >= 11 is 0. The van der Waals surface area contributed by atoms with Gasteiger partial charge in [-0.05, 0) is 24.0 Å². The van der Waals surface area contributed by atoms with Crippen LogP contribution in [0.15, 0.2) is 24.5 Å². The van der Waals surface area contributed by atoms with E-state index in [1.54, 1.807) is 12.4 Å². The Hall–Kier alpha value is -1.42. The predicted octanol–water partition coefficient (Wildman–Crippen LogP) is 1.63.